The molecule has 3 fully saturated rings. The molecule has 8 nitrogen and oxygen atoms in total. The van der Waals surface area contributed by atoms with Gasteiger partial charge in [-0.05, 0) is 49.4 Å². The van der Waals surface area contributed by atoms with Gasteiger partial charge >= 0.3 is 0 Å². The van der Waals surface area contributed by atoms with Gasteiger partial charge in [0.25, 0.3) is 0 Å². The number of aromatic nitrogens is 2. The summed E-state index contributed by atoms with van der Waals surface area (Å²) in [5, 5.41) is 0. The molecule has 0 saturated carbocycles. The van der Waals surface area contributed by atoms with Crippen LogP contribution in [0, 0.1) is 0 Å². The van der Waals surface area contributed by atoms with E-state index in [1.165, 1.54) is 12.8 Å². The van der Waals surface area contributed by atoms with Crippen LogP contribution < -0.4 is 20.5 Å². The lowest BCUT2D eigenvalue weighted by Gasteiger charge is -2.32. The Kier molecular flexibility index (Phi) is 6.23. The molecule has 170 valence electrons. The van der Waals surface area contributed by atoms with Crippen molar-refractivity contribution in [1.82, 2.24) is 25.7 Å². The maximum absolute atomic E-state index is 13.2. The predicted molar refractivity (Wildman–Crippen MR) is 123 cm³/mol. The highest BCUT2D eigenvalue weighted by Crippen LogP contribution is 2.31. The molecule has 0 bridgehead atoms. The number of methoxy groups -OCH3 is 1. The van der Waals surface area contributed by atoms with Crippen LogP contribution in [0.5, 0.6) is 5.75 Å². The molecule has 0 spiro atoms. The normalized spacial score (nSPS) is 25.5. The number of nitrogens with one attached hydrogen (secondary N) is 2. The van der Waals surface area contributed by atoms with Gasteiger partial charge in [-0.25, -0.2) is 9.97 Å². The molecule has 4 heterocycles. The Bertz CT molecular complexity index is 930. The van der Waals surface area contributed by atoms with Crippen LogP contribution in [-0.2, 0) is 11.2 Å². The number of hydrogen-bond acceptors (Lipinski definition) is 7. The van der Waals surface area contributed by atoms with E-state index in [0.717, 1.165) is 62.0 Å². The van der Waals surface area contributed by atoms with E-state index in [9.17, 15) is 4.79 Å². The Labute approximate surface area is 189 Å². The van der Waals surface area contributed by atoms with Crippen molar-refractivity contribution in [2.75, 3.05) is 38.2 Å². The summed E-state index contributed by atoms with van der Waals surface area (Å²) in [6.07, 6.45) is 6.75. The minimum absolute atomic E-state index is 0.138. The molecule has 1 aromatic heterocycles. The third-order valence-electron chi connectivity index (χ3n) is 7.01. The van der Waals surface area contributed by atoms with Crippen molar-refractivity contribution in [3.63, 3.8) is 0 Å². The van der Waals surface area contributed by atoms with Crippen molar-refractivity contribution in [2.24, 2.45) is 0 Å². The molecule has 8 heteroatoms. The van der Waals surface area contributed by atoms with Gasteiger partial charge in [0.05, 0.1) is 25.3 Å². The SMILES string of the molecule is COc1ccc(CC(=O)N2CCCC2C2NNCC2c2ccnc(N3CCCC3)n2)cc1. The van der Waals surface area contributed by atoms with Crippen molar-refractivity contribution < 1.29 is 9.53 Å². The molecule has 5 rings (SSSR count). The van der Waals surface area contributed by atoms with Crippen molar-refractivity contribution >= 4 is 11.9 Å². The number of amides is 1. The molecular formula is C24H32N6O2. The van der Waals surface area contributed by atoms with Crippen molar-refractivity contribution in [3.05, 3.63) is 47.8 Å². The Morgan fingerprint density at radius 1 is 1.12 bits per heavy atom. The number of benzene rings is 1. The summed E-state index contributed by atoms with van der Waals surface area (Å²) in [5.74, 6) is 2.04. The zero-order valence-electron chi connectivity index (χ0n) is 18.7. The second-order valence-electron chi connectivity index (χ2n) is 8.95. The minimum atomic E-state index is 0.138. The van der Waals surface area contributed by atoms with Gasteiger partial charge in [-0.2, -0.15) is 0 Å². The van der Waals surface area contributed by atoms with Crippen LogP contribution >= 0.6 is 0 Å². The highest BCUT2D eigenvalue weighted by Gasteiger charge is 2.42. The van der Waals surface area contributed by atoms with E-state index >= 15 is 0 Å². The second-order valence-corrected chi connectivity index (χ2v) is 8.95. The third-order valence-corrected chi connectivity index (χ3v) is 7.01. The fourth-order valence-corrected chi connectivity index (χ4v) is 5.30. The fraction of sp³-hybridized carbons (Fsp3) is 0.542. The molecule has 1 amide bonds. The van der Waals surface area contributed by atoms with Crippen LogP contribution in [0.15, 0.2) is 36.5 Å². The van der Waals surface area contributed by atoms with Crippen molar-refractivity contribution in [3.8, 4) is 5.75 Å². The maximum Gasteiger partial charge on any atom is 0.227 e. The van der Waals surface area contributed by atoms with E-state index in [-0.39, 0.29) is 23.9 Å². The first-order valence-corrected chi connectivity index (χ1v) is 11.7. The molecular weight excluding hydrogens is 404 g/mol. The van der Waals surface area contributed by atoms with E-state index in [2.05, 4.69) is 25.6 Å². The van der Waals surface area contributed by atoms with Gasteiger partial charge in [-0.3, -0.25) is 15.6 Å². The summed E-state index contributed by atoms with van der Waals surface area (Å²) in [5.41, 5.74) is 8.87. The number of carbonyl (C=O) groups is 1. The number of hydrazine groups is 1. The van der Waals surface area contributed by atoms with Gasteiger partial charge < -0.3 is 14.5 Å². The largest absolute Gasteiger partial charge is 0.497 e. The second kappa shape index (κ2) is 9.42. The predicted octanol–water partition coefficient (Wildman–Crippen LogP) is 1.88. The van der Waals surface area contributed by atoms with Gasteiger partial charge in [0, 0.05) is 44.3 Å². The quantitative estimate of drug-likeness (QED) is 0.715. The van der Waals surface area contributed by atoms with Crippen molar-refractivity contribution in [2.45, 2.75) is 50.1 Å². The van der Waals surface area contributed by atoms with Gasteiger partial charge in [0.1, 0.15) is 5.75 Å². The Balaban J connectivity index is 1.30. The molecule has 0 radical (unpaired) electrons. The first-order chi connectivity index (χ1) is 15.7. The molecule has 3 unspecified atom stereocenters. The molecule has 32 heavy (non-hydrogen) atoms. The molecule has 3 aliphatic heterocycles. The summed E-state index contributed by atoms with van der Waals surface area (Å²) in [6, 6.07) is 10.1. The van der Waals surface area contributed by atoms with Crippen LogP contribution in [0.25, 0.3) is 0 Å². The lowest BCUT2D eigenvalue weighted by molar-refractivity contribution is -0.131. The molecule has 3 saturated heterocycles. The first-order valence-electron chi connectivity index (χ1n) is 11.7. The lowest BCUT2D eigenvalue weighted by Crippen LogP contribution is -2.50. The van der Waals surface area contributed by atoms with E-state index in [4.69, 9.17) is 9.72 Å². The topological polar surface area (TPSA) is 82.6 Å². The monoisotopic (exact) mass is 436 g/mol. The fourth-order valence-electron chi connectivity index (χ4n) is 5.30. The molecule has 2 N–H and O–H groups in total. The zero-order chi connectivity index (χ0) is 21.9. The maximum atomic E-state index is 13.2. The number of likely N-dealkylation sites (tertiary alicyclic amines) is 1. The number of ether oxygens (including phenoxy) is 1. The average molecular weight is 437 g/mol. The molecule has 0 aliphatic carbocycles. The summed E-state index contributed by atoms with van der Waals surface area (Å²) >= 11 is 0. The van der Waals surface area contributed by atoms with Crippen LogP contribution in [0.3, 0.4) is 0 Å². The number of anilines is 1. The first kappa shape index (κ1) is 21.2. The van der Waals surface area contributed by atoms with E-state index < -0.39 is 0 Å². The third kappa shape index (κ3) is 4.29. The summed E-state index contributed by atoms with van der Waals surface area (Å²) in [4.78, 5) is 27.0. The number of nitrogens with zero attached hydrogens (tertiary/aromatic N) is 4. The molecule has 3 aliphatic rings. The Hall–Kier alpha value is -2.71. The van der Waals surface area contributed by atoms with Crippen LogP contribution in [0.4, 0.5) is 5.95 Å². The smallest absolute Gasteiger partial charge is 0.227 e. The van der Waals surface area contributed by atoms with Crippen LogP contribution in [0.2, 0.25) is 0 Å². The standard InChI is InChI=1S/C24H32N6O2/c1-32-18-8-6-17(7-9-18)15-22(31)30-14-4-5-21(30)23-19(16-26-28-23)20-10-11-25-24(27-20)29-12-2-3-13-29/h6-11,19,21,23,26,28H,2-5,12-16H2,1H3. The molecule has 2 aromatic rings. The number of hydrogen-bond donors (Lipinski definition) is 2. The molecule has 1 aromatic carbocycles. The molecule has 3 atom stereocenters. The van der Waals surface area contributed by atoms with Gasteiger partial charge in [0.2, 0.25) is 11.9 Å². The van der Waals surface area contributed by atoms with Gasteiger partial charge in [0.15, 0.2) is 0 Å². The van der Waals surface area contributed by atoms with Gasteiger partial charge in [-0.1, -0.05) is 12.1 Å². The summed E-state index contributed by atoms with van der Waals surface area (Å²) in [6.45, 7) is 3.68. The zero-order valence-corrected chi connectivity index (χ0v) is 18.7. The Morgan fingerprint density at radius 3 is 2.72 bits per heavy atom. The van der Waals surface area contributed by atoms with E-state index in [1.807, 2.05) is 36.5 Å². The Morgan fingerprint density at radius 2 is 1.94 bits per heavy atom. The highest BCUT2D eigenvalue weighted by atomic mass is 16.5. The van der Waals surface area contributed by atoms with E-state index in [0.29, 0.717) is 6.42 Å². The highest BCUT2D eigenvalue weighted by molar-refractivity contribution is 5.79. The van der Waals surface area contributed by atoms with Crippen molar-refractivity contribution in [1.29, 1.82) is 0 Å². The average Bonchev–Trinajstić information content (AvgIpc) is 3.61. The van der Waals surface area contributed by atoms with Gasteiger partial charge in [-0.15, -0.1) is 0 Å². The number of rotatable bonds is 6. The van der Waals surface area contributed by atoms with Crippen LogP contribution in [0.1, 0.15) is 42.9 Å². The van der Waals surface area contributed by atoms with E-state index in [1.54, 1.807) is 7.11 Å². The van der Waals surface area contributed by atoms with Crippen LogP contribution in [-0.4, -0.2) is 66.1 Å². The lowest BCUT2D eigenvalue weighted by atomic mass is 9.90. The summed E-state index contributed by atoms with van der Waals surface area (Å²) in [7, 11) is 1.65. The number of carbonyl (C=O) groups excluding carboxylic acids is 1. The summed E-state index contributed by atoms with van der Waals surface area (Å²) < 4.78 is 5.23. The minimum Gasteiger partial charge on any atom is -0.497 e.